The van der Waals surface area contributed by atoms with E-state index in [9.17, 15) is 56.3 Å². The molecule has 3 aliphatic rings. The molecule has 0 saturated carbocycles. The Bertz CT molecular complexity index is 3870. The van der Waals surface area contributed by atoms with Crippen LogP contribution in [0.5, 0.6) is 0 Å². The van der Waals surface area contributed by atoms with E-state index < -0.39 is 23.9 Å². The molecule has 6 heterocycles. The highest BCUT2D eigenvalue weighted by Crippen LogP contribution is 2.36. The normalized spacial score (nSPS) is 14.3. The predicted octanol–water partition coefficient (Wildman–Crippen LogP) is 12.6. The highest BCUT2D eigenvalue weighted by molar-refractivity contribution is 8.27. The van der Waals surface area contributed by atoms with Crippen molar-refractivity contribution in [2.24, 2.45) is 0 Å². The van der Waals surface area contributed by atoms with Crippen LogP contribution in [0.1, 0.15) is 89.0 Å². The van der Waals surface area contributed by atoms with Crippen LogP contribution in [0.3, 0.4) is 0 Å². The van der Waals surface area contributed by atoms with Crippen molar-refractivity contribution in [3.8, 4) is 0 Å². The average Bonchev–Trinajstić information content (AvgIpc) is 1.70. The maximum absolute atomic E-state index is 13.1. The lowest BCUT2D eigenvalue weighted by Gasteiger charge is -2.13. The number of ether oxygens (including phenoxy) is 3. The summed E-state index contributed by atoms with van der Waals surface area (Å²) in [7, 11) is 0. The Kier molecular flexibility index (Phi) is 31.1. The van der Waals surface area contributed by atoms with E-state index in [0.29, 0.717) is 76.1 Å². The molecule has 100 heavy (non-hydrogen) atoms. The number of aromatic nitrogens is 3. The van der Waals surface area contributed by atoms with Gasteiger partial charge in [0.15, 0.2) is 15.4 Å². The third kappa shape index (κ3) is 24.3. The summed E-state index contributed by atoms with van der Waals surface area (Å²) in [5, 5.41) is 16.1. The number of carboxylic acids is 1. The molecule has 6 aromatic rings. The summed E-state index contributed by atoms with van der Waals surface area (Å²) in [5.41, 5.74) is 3.36. The molecule has 3 aromatic carbocycles. The third-order valence-electron chi connectivity index (χ3n) is 12.5. The van der Waals surface area contributed by atoms with E-state index in [2.05, 4.69) is 50.6 Å². The van der Waals surface area contributed by atoms with Crippen molar-refractivity contribution in [2.75, 3.05) is 55.4 Å². The van der Waals surface area contributed by atoms with E-state index >= 15 is 0 Å². The molecule has 3 fully saturated rings. The molecule has 0 bridgehead atoms. The van der Waals surface area contributed by atoms with Gasteiger partial charge in [-0.3, -0.25) is 48.3 Å². The molecule has 0 aliphatic carbocycles. The quantitative estimate of drug-likeness (QED) is 0.0144. The number of amides is 6. The summed E-state index contributed by atoms with van der Waals surface area (Å²) in [6.45, 7) is 17.0. The number of carbonyl (C=O) groups is 10. The van der Waals surface area contributed by atoms with Crippen molar-refractivity contribution in [2.45, 2.75) is 47.0 Å². The van der Waals surface area contributed by atoms with Gasteiger partial charge in [-0.15, -0.1) is 0 Å². The zero-order chi connectivity index (χ0) is 73.3. The van der Waals surface area contributed by atoms with Crippen LogP contribution in [-0.2, 0) is 47.8 Å². The molecule has 4 N–H and O–H groups in total. The number of carboxylic acid groups (broad SMARTS) is 1. The molecular formula is C65H58F3N9O14S9. The number of anilines is 3. The van der Waals surface area contributed by atoms with Crippen LogP contribution in [-0.4, -0.2) is 146 Å². The second-order valence-electron chi connectivity index (χ2n) is 20.0. The summed E-state index contributed by atoms with van der Waals surface area (Å²) in [4.78, 5) is 139. The average molecular weight is 1530 g/mol. The fraction of sp³-hybridized carbons (Fsp3) is 0.200. The molecule has 0 unspecified atom stereocenters. The fourth-order valence-corrected chi connectivity index (χ4v) is 14.5. The molecule has 3 saturated heterocycles. The Morgan fingerprint density at radius 3 is 0.920 bits per heavy atom. The second-order valence-corrected chi connectivity index (χ2v) is 28.1. The van der Waals surface area contributed by atoms with Crippen LogP contribution in [0.4, 0.5) is 28.6 Å². The van der Waals surface area contributed by atoms with Crippen LogP contribution in [0.2, 0.25) is 0 Å². The maximum atomic E-state index is 13.1. The number of thiazole rings is 3. The maximum Gasteiger partial charge on any atom is 0.350 e. The first-order valence-electron chi connectivity index (χ1n) is 29.0. The number of hydrogen-bond acceptors (Lipinski definition) is 25. The monoisotopic (exact) mass is 1530 g/mol. The number of esters is 3. The van der Waals surface area contributed by atoms with Crippen LogP contribution in [0.15, 0.2) is 125 Å². The van der Waals surface area contributed by atoms with Gasteiger partial charge in [-0.25, -0.2) is 42.5 Å². The van der Waals surface area contributed by atoms with Crippen LogP contribution >= 0.6 is 106 Å². The minimum absolute atomic E-state index is 0.00879. The summed E-state index contributed by atoms with van der Waals surface area (Å²) in [6.07, 6.45) is 9.23. The van der Waals surface area contributed by atoms with Gasteiger partial charge in [0.05, 0.1) is 31.8 Å². The zero-order valence-electron chi connectivity index (χ0n) is 53.1. The largest absolute Gasteiger partial charge is 0.481 e. The van der Waals surface area contributed by atoms with Crippen LogP contribution in [0, 0.1) is 38.2 Å². The first kappa shape index (κ1) is 79.8. The van der Waals surface area contributed by atoms with Crippen molar-refractivity contribution in [3.63, 3.8) is 0 Å². The number of aryl methyl sites for hydroxylation is 3. The van der Waals surface area contributed by atoms with E-state index in [1.54, 1.807) is 75.4 Å². The number of benzene rings is 3. The van der Waals surface area contributed by atoms with Gasteiger partial charge in [-0.05, 0) is 92.1 Å². The Hall–Kier alpha value is -9.20. The smallest absolute Gasteiger partial charge is 0.350 e. The Morgan fingerprint density at radius 2 is 0.700 bits per heavy atom. The first-order chi connectivity index (χ1) is 47.6. The molecule has 23 nitrogen and oxygen atoms in total. The van der Waals surface area contributed by atoms with Gasteiger partial charge in [-0.2, -0.15) is 0 Å². The van der Waals surface area contributed by atoms with Gasteiger partial charge < -0.3 is 35.3 Å². The number of aliphatic carboxylic acids is 1. The lowest BCUT2D eigenvalue weighted by Crippen LogP contribution is -2.31. The fourth-order valence-electron chi connectivity index (χ4n) is 7.91. The molecule has 6 amide bonds. The van der Waals surface area contributed by atoms with Crippen LogP contribution < -0.4 is 16.0 Å². The highest BCUT2D eigenvalue weighted by atomic mass is 32.2. The molecule has 522 valence electrons. The first-order valence-corrected chi connectivity index (χ1v) is 35.1. The number of nitrogens with one attached hydrogen (secondary N) is 3. The lowest BCUT2D eigenvalue weighted by atomic mass is 10.2. The number of rotatable bonds is 24. The van der Waals surface area contributed by atoms with Crippen molar-refractivity contribution < 1.29 is 80.4 Å². The van der Waals surface area contributed by atoms with E-state index in [1.165, 1.54) is 69.3 Å². The molecule has 9 rings (SSSR count). The van der Waals surface area contributed by atoms with Gasteiger partial charge in [0.2, 0.25) is 17.7 Å². The molecule has 0 spiro atoms. The molecule has 0 atom stereocenters. The summed E-state index contributed by atoms with van der Waals surface area (Å²) >= 11 is 22.2. The molecule has 3 aromatic heterocycles. The van der Waals surface area contributed by atoms with Crippen molar-refractivity contribution in [1.29, 1.82) is 0 Å². The number of hydrogen-bond donors (Lipinski definition) is 4. The van der Waals surface area contributed by atoms with Gasteiger partial charge in [0, 0.05) is 45.8 Å². The Morgan fingerprint density at radius 1 is 0.470 bits per heavy atom. The van der Waals surface area contributed by atoms with Gasteiger partial charge in [0.25, 0.3) is 23.7 Å². The minimum atomic E-state index is -0.833. The van der Waals surface area contributed by atoms with Crippen LogP contribution in [0.25, 0.3) is 18.2 Å². The van der Waals surface area contributed by atoms with Gasteiger partial charge in [-0.1, -0.05) is 180 Å². The topological polar surface area (TPSA) is 303 Å². The van der Waals surface area contributed by atoms with Crippen molar-refractivity contribution in [1.82, 2.24) is 29.7 Å². The van der Waals surface area contributed by atoms with Crippen molar-refractivity contribution in [3.05, 3.63) is 191 Å². The summed E-state index contributed by atoms with van der Waals surface area (Å²) in [6, 6.07) is 17.2. The Balaban J connectivity index is 0.000000230. The third-order valence-corrected chi connectivity index (χ3v) is 19.8. The molecule has 35 heteroatoms. The zero-order valence-corrected chi connectivity index (χ0v) is 60.5. The number of nitrogens with zero attached hydrogens (tertiary/aromatic N) is 6. The lowest BCUT2D eigenvalue weighted by molar-refractivity contribution is -0.134. The number of halogens is 3. The summed E-state index contributed by atoms with van der Waals surface area (Å²) < 4.78 is 55.2. The minimum Gasteiger partial charge on any atom is -0.481 e. The van der Waals surface area contributed by atoms with E-state index in [1.807, 2.05) is 0 Å². The van der Waals surface area contributed by atoms with E-state index in [4.69, 9.17) is 60.8 Å². The standard InChI is InChI=1S/3C21H18FN3O4S3.C2H4O2/c3*1-3-10-29-19(28)17-12(2)23-20(32-17)24-16(26)8-9-25-18(27)15(31-21(25)30)11-13-4-6-14(22)7-5-13;1-2(3)4/h3*3-7,11H,1,8-10H2,2H3,(H,23,24,26);1H3,(H,3,4)/b3*15-11-;. The Labute approximate surface area is 611 Å². The van der Waals surface area contributed by atoms with E-state index in [-0.39, 0.29) is 127 Å². The van der Waals surface area contributed by atoms with Gasteiger partial charge in [0.1, 0.15) is 64.9 Å². The van der Waals surface area contributed by atoms with Crippen molar-refractivity contribution >= 4 is 212 Å². The highest BCUT2D eigenvalue weighted by Gasteiger charge is 2.35. The SMILES string of the molecule is C=CCOC(=O)c1sc(NC(=O)CCN2C(=O)/C(=C/c3ccc(F)cc3)SC2=S)nc1C.C=CCOC(=O)c1sc(NC(=O)CCN2C(=O)/C(=C/c3ccc(F)cc3)SC2=S)nc1C.C=CCOC(=O)c1sc(NC(=O)CCN2C(=O)/C(=C/c3ccc(F)cc3)SC2=S)nc1C.CC(=O)O. The second kappa shape index (κ2) is 39.0. The molecule has 0 radical (unpaired) electrons. The predicted molar refractivity (Wildman–Crippen MR) is 394 cm³/mol. The number of thiocarbonyl (C=S) groups is 3. The van der Waals surface area contributed by atoms with E-state index in [0.717, 1.165) is 76.2 Å². The number of carbonyl (C=O) groups excluding carboxylic acids is 9. The molecule has 3 aliphatic heterocycles. The summed E-state index contributed by atoms with van der Waals surface area (Å²) in [5.74, 6) is -5.59. The molecular weight excluding hydrogens is 1480 g/mol. The number of thioether (sulfide) groups is 3. The van der Waals surface area contributed by atoms with Gasteiger partial charge >= 0.3 is 17.9 Å².